The van der Waals surface area contributed by atoms with Crippen LogP contribution in [0, 0.1) is 0 Å². The third-order valence-electron chi connectivity index (χ3n) is 4.62. The summed E-state index contributed by atoms with van der Waals surface area (Å²) < 4.78 is 44.0. The molecule has 0 spiro atoms. The molecule has 2 aromatic rings. The molecular weight excluding hydrogens is 369 g/mol. The second-order valence-corrected chi connectivity index (χ2v) is 6.89. The van der Waals surface area contributed by atoms with E-state index in [2.05, 4.69) is 22.3 Å². The molecule has 1 unspecified atom stereocenters. The molecule has 28 heavy (non-hydrogen) atoms. The summed E-state index contributed by atoms with van der Waals surface area (Å²) >= 11 is 0. The second kappa shape index (κ2) is 9.21. The lowest BCUT2D eigenvalue weighted by atomic mass is 10.1. The van der Waals surface area contributed by atoms with Gasteiger partial charge in [0, 0.05) is 26.2 Å². The van der Waals surface area contributed by atoms with E-state index in [0.29, 0.717) is 25.3 Å². The van der Waals surface area contributed by atoms with Gasteiger partial charge in [-0.25, -0.2) is 0 Å². The van der Waals surface area contributed by atoms with Crippen LogP contribution < -0.4 is 5.32 Å². The molecular formula is C21H23F3N2O2. The summed E-state index contributed by atoms with van der Waals surface area (Å²) in [5, 5.41) is 2.77. The highest BCUT2D eigenvalue weighted by Gasteiger charge is 2.30. The first kappa shape index (κ1) is 20.4. The minimum atomic E-state index is -4.41. The zero-order valence-electron chi connectivity index (χ0n) is 15.4. The summed E-state index contributed by atoms with van der Waals surface area (Å²) in [7, 11) is 0. The summed E-state index contributed by atoms with van der Waals surface area (Å²) in [6.45, 7) is 3.26. The molecule has 0 aliphatic carbocycles. The number of hydrogen-bond acceptors (Lipinski definition) is 3. The van der Waals surface area contributed by atoms with Crippen LogP contribution in [0.2, 0.25) is 0 Å². The van der Waals surface area contributed by atoms with Gasteiger partial charge in [-0.1, -0.05) is 48.5 Å². The fourth-order valence-electron chi connectivity index (χ4n) is 3.22. The highest BCUT2D eigenvalue weighted by molar-refractivity contribution is 5.78. The average molecular weight is 392 g/mol. The van der Waals surface area contributed by atoms with Gasteiger partial charge in [0.1, 0.15) is 0 Å². The van der Waals surface area contributed by atoms with Gasteiger partial charge in [0.15, 0.2) is 0 Å². The molecule has 1 fully saturated rings. The topological polar surface area (TPSA) is 41.6 Å². The van der Waals surface area contributed by atoms with Crippen molar-refractivity contribution in [3.63, 3.8) is 0 Å². The smallest absolute Gasteiger partial charge is 0.374 e. The maximum Gasteiger partial charge on any atom is 0.416 e. The van der Waals surface area contributed by atoms with Gasteiger partial charge < -0.3 is 10.1 Å². The molecule has 3 rings (SSSR count). The highest BCUT2D eigenvalue weighted by atomic mass is 19.4. The molecule has 1 heterocycles. The van der Waals surface area contributed by atoms with Gasteiger partial charge in [0.25, 0.3) is 0 Å². The van der Waals surface area contributed by atoms with E-state index in [1.54, 1.807) is 0 Å². The maximum atomic E-state index is 12.8. The molecule has 4 nitrogen and oxygen atoms in total. The van der Waals surface area contributed by atoms with Crippen molar-refractivity contribution in [1.82, 2.24) is 10.2 Å². The van der Waals surface area contributed by atoms with E-state index in [1.165, 1.54) is 17.7 Å². The second-order valence-electron chi connectivity index (χ2n) is 6.89. The Hall–Kier alpha value is -2.38. The van der Waals surface area contributed by atoms with Crippen LogP contribution in [0.4, 0.5) is 13.2 Å². The van der Waals surface area contributed by atoms with E-state index in [0.717, 1.165) is 25.2 Å². The fourth-order valence-corrected chi connectivity index (χ4v) is 3.22. The molecule has 150 valence electrons. The van der Waals surface area contributed by atoms with Crippen LogP contribution in [-0.2, 0) is 28.7 Å². The Balaban J connectivity index is 1.46. The van der Waals surface area contributed by atoms with Crippen molar-refractivity contribution in [2.24, 2.45) is 0 Å². The van der Waals surface area contributed by atoms with Crippen LogP contribution >= 0.6 is 0 Å². The number of alkyl halides is 3. The van der Waals surface area contributed by atoms with Crippen molar-refractivity contribution >= 4 is 5.91 Å². The standard InChI is InChI=1S/C21H23F3N2O2/c22-21(23,24)18-8-4-7-17(11-18)12-20(27)25-13-19-15-26(9-10-28-19)14-16-5-2-1-3-6-16/h1-8,11,19H,9-10,12-15H2,(H,25,27). The third-order valence-corrected chi connectivity index (χ3v) is 4.62. The van der Waals surface area contributed by atoms with Gasteiger partial charge in [0.2, 0.25) is 5.91 Å². The number of benzene rings is 2. The first-order valence-corrected chi connectivity index (χ1v) is 9.21. The molecule has 0 saturated carbocycles. The molecule has 0 bridgehead atoms. The fraction of sp³-hybridized carbons (Fsp3) is 0.381. The van der Waals surface area contributed by atoms with Crippen LogP contribution in [-0.4, -0.2) is 43.2 Å². The predicted octanol–water partition coefficient (Wildman–Crippen LogP) is 3.27. The number of hydrogen-bond donors (Lipinski definition) is 1. The Labute approximate surface area is 162 Å². The molecule has 1 atom stereocenters. The molecule has 0 radical (unpaired) electrons. The number of rotatable bonds is 6. The molecule has 1 N–H and O–H groups in total. The Morgan fingerprint density at radius 3 is 2.61 bits per heavy atom. The number of carbonyl (C=O) groups excluding carboxylic acids is 1. The number of halogens is 3. The summed E-state index contributed by atoms with van der Waals surface area (Å²) in [6.07, 6.45) is -4.64. The van der Waals surface area contributed by atoms with Crippen LogP contribution in [0.3, 0.4) is 0 Å². The molecule has 1 saturated heterocycles. The van der Waals surface area contributed by atoms with Crippen molar-refractivity contribution in [2.75, 3.05) is 26.2 Å². The first-order chi connectivity index (χ1) is 13.4. The third kappa shape index (κ3) is 6.07. The van der Waals surface area contributed by atoms with E-state index in [-0.39, 0.29) is 18.4 Å². The van der Waals surface area contributed by atoms with E-state index in [4.69, 9.17) is 4.74 Å². The Kier molecular flexibility index (Phi) is 6.70. The average Bonchev–Trinajstić information content (AvgIpc) is 2.67. The van der Waals surface area contributed by atoms with Gasteiger partial charge in [-0.3, -0.25) is 9.69 Å². The number of carbonyl (C=O) groups is 1. The van der Waals surface area contributed by atoms with Gasteiger partial charge in [0.05, 0.1) is 24.7 Å². The largest absolute Gasteiger partial charge is 0.416 e. The number of morpholine rings is 1. The minimum Gasteiger partial charge on any atom is -0.374 e. The van der Waals surface area contributed by atoms with Gasteiger partial charge in [-0.05, 0) is 17.2 Å². The lowest BCUT2D eigenvalue weighted by Gasteiger charge is -2.33. The number of nitrogens with zero attached hydrogens (tertiary/aromatic N) is 1. The molecule has 1 aliphatic heterocycles. The van der Waals surface area contributed by atoms with Crippen molar-refractivity contribution in [3.05, 3.63) is 71.3 Å². The van der Waals surface area contributed by atoms with E-state index in [1.807, 2.05) is 18.2 Å². The van der Waals surface area contributed by atoms with Gasteiger partial charge >= 0.3 is 6.18 Å². The Bertz CT molecular complexity index is 781. The van der Waals surface area contributed by atoms with Crippen molar-refractivity contribution in [1.29, 1.82) is 0 Å². The summed E-state index contributed by atoms with van der Waals surface area (Å²) in [4.78, 5) is 14.4. The maximum absolute atomic E-state index is 12.8. The molecule has 7 heteroatoms. The first-order valence-electron chi connectivity index (χ1n) is 9.21. The summed E-state index contributed by atoms with van der Waals surface area (Å²) in [5.41, 5.74) is 0.810. The van der Waals surface area contributed by atoms with Crippen LogP contribution in [0.25, 0.3) is 0 Å². The zero-order chi connectivity index (χ0) is 20.0. The van der Waals surface area contributed by atoms with Crippen LogP contribution in [0.15, 0.2) is 54.6 Å². The van der Waals surface area contributed by atoms with Crippen molar-refractivity contribution < 1.29 is 22.7 Å². The van der Waals surface area contributed by atoms with Gasteiger partial charge in [-0.2, -0.15) is 13.2 Å². The monoisotopic (exact) mass is 392 g/mol. The molecule has 1 amide bonds. The van der Waals surface area contributed by atoms with E-state index >= 15 is 0 Å². The Morgan fingerprint density at radius 1 is 1.11 bits per heavy atom. The Morgan fingerprint density at radius 2 is 1.86 bits per heavy atom. The van der Waals surface area contributed by atoms with E-state index in [9.17, 15) is 18.0 Å². The number of nitrogens with one attached hydrogen (secondary N) is 1. The SMILES string of the molecule is O=C(Cc1cccc(C(F)(F)F)c1)NCC1CN(Cc2ccccc2)CCO1. The van der Waals surface area contributed by atoms with E-state index < -0.39 is 11.7 Å². The molecule has 1 aliphatic rings. The lowest BCUT2D eigenvalue weighted by Crippen LogP contribution is -2.47. The van der Waals surface area contributed by atoms with Crippen molar-refractivity contribution in [2.45, 2.75) is 25.2 Å². The van der Waals surface area contributed by atoms with Crippen LogP contribution in [0.5, 0.6) is 0 Å². The predicted molar refractivity (Wildman–Crippen MR) is 99.6 cm³/mol. The number of amides is 1. The molecule has 2 aromatic carbocycles. The summed E-state index contributed by atoms with van der Waals surface area (Å²) in [6, 6.07) is 15.0. The molecule has 0 aromatic heterocycles. The number of ether oxygens (including phenoxy) is 1. The van der Waals surface area contributed by atoms with Crippen LogP contribution in [0.1, 0.15) is 16.7 Å². The normalized spacial score (nSPS) is 18.0. The summed E-state index contributed by atoms with van der Waals surface area (Å²) in [5.74, 6) is -0.317. The van der Waals surface area contributed by atoms with Gasteiger partial charge in [-0.15, -0.1) is 0 Å². The highest BCUT2D eigenvalue weighted by Crippen LogP contribution is 2.29. The quantitative estimate of drug-likeness (QED) is 0.821. The zero-order valence-corrected chi connectivity index (χ0v) is 15.4. The minimum absolute atomic E-state index is 0.0929. The van der Waals surface area contributed by atoms with Crippen molar-refractivity contribution in [3.8, 4) is 0 Å². The lowest BCUT2D eigenvalue weighted by molar-refractivity contribution is -0.137.